The Kier molecular flexibility index (Phi) is 6.71. The van der Waals surface area contributed by atoms with E-state index in [-0.39, 0.29) is 11.9 Å². The number of halogens is 1. The minimum absolute atomic E-state index is 0.0110. The first kappa shape index (κ1) is 17.3. The third-order valence-corrected chi connectivity index (χ3v) is 4.70. The molecule has 1 heterocycles. The maximum Gasteiger partial charge on any atom is 0.251 e. The predicted octanol–water partition coefficient (Wildman–Crippen LogP) is 3.67. The Morgan fingerprint density at radius 1 is 1.18 bits per heavy atom. The SMILES string of the molecule is CC(C)[C@@H](CN1CCCCC1)NC(=O)c1ccc(CCl)cc1. The fourth-order valence-electron chi connectivity index (χ4n) is 2.84. The molecule has 0 aromatic heterocycles. The van der Waals surface area contributed by atoms with Gasteiger partial charge in [0.2, 0.25) is 0 Å². The molecule has 2 rings (SSSR count). The van der Waals surface area contributed by atoms with E-state index in [9.17, 15) is 4.79 Å². The second-order valence-electron chi connectivity index (χ2n) is 6.52. The topological polar surface area (TPSA) is 32.3 Å². The standard InChI is InChI=1S/C18H27ClN2O/c1-14(2)17(13-21-10-4-3-5-11-21)20-18(22)16-8-6-15(12-19)7-9-16/h6-9,14,17H,3-5,10-13H2,1-2H3,(H,20,22)/t17-/m1/s1. The van der Waals surface area contributed by atoms with E-state index < -0.39 is 0 Å². The zero-order valence-corrected chi connectivity index (χ0v) is 14.4. The largest absolute Gasteiger partial charge is 0.348 e. The van der Waals surface area contributed by atoms with Crippen LogP contribution in [-0.2, 0) is 5.88 Å². The van der Waals surface area contributed by atoms with Crippen molar-refractivity contribution in [3.63, 3.8) is 0 Å². The van der Waals surface area contributed by atoms with Crippen LogP contribution in [0.2, 0.25) is 0 Å². The van der Waals surface area contributed by atoms with Crippen LogP contribution in [0, 0.1) is 5.92 Å². The first-order valence-corrected chi connectivity index (χ1v) is 8.81. The van der Waals surface area contributed by atoms with Crippen LogP contribution in [0.25, 0.3) is 0 Å². The highest BCUT2D eigenvalue weighted by molar-refractivity contribution is 6.17. The van der Waals surface area contributed by atoms with Crippen molar-refractivity contribution in [2.24, 2.45) is 5.92 Å². The number of carbonyl (C=O) groups is 1. The molecule has 3 nitrogen and oxygen atoms in total. The van der Waals surface area contributed by atoms with Crippen LogP contribution in [0.5, 0.6) is 0 Å². The number of alkyl halides is 1. The number of hydrogen-bond acceptors (Lipinski definition) is 2. The van der Waals surface area contributed by atoms with Crippen molar-refractivity contribution in [1.29, 1.82) is 0 Å². The van der Waals surface area contributed by atoms with Gasteiger partial charge >= 0.3 is 0 Å². The van der Waals surface area contributed by atoms with Gasteiger partial charge in [-0.25, -0.2) is 0 Å². The summed E-state index contributed by atoms with van der Waals surface area (Å²) in [6.07, 6.45) is 3.89. The lowest BCUT2D eigenvalue weighted by Crippen LogP contribution is -2.48. The van der Waals surface area contributed by atoms with Gasteiger partial charge in [0.25, 0.3) is 5.91 Å². The number of nitrogens with zero attached hydrogens (tertiary/aromatic N) is 1. The highest BCUT2D eigenvalue weighted by atomic mass is 35.5. The molecule has 1 N–H and O–H groups in total. The summed E-state index contributed by atoms with van der Waals surface area (Å²) in [5.41, 5.74) is 1.74. The Morgan fingerprint density at radius 3 is 2.36 bits per heavy atom. The van der Waals surface area contributed by atoms with Gasteiger partial charge in [0.05, 0.1) is 0 Å². The average molecular weight is 323 g/mol. The van der Waals surface area contributed by atoms with Crippen LogP contribution in [-0.4, -0.2) is 36.5 Å². The molecular weight excluding hydrogens is 296 g/mol. The van der Waals surface area contributed by atoms with Gasteiger partial charge in [0.15, 0.2) is 0 Å². The molecular formula is C18H27ClN2O. The van der Waals surface area contributed by atoms with E-state index in [4.69, 9.17) is 11.6 Å². The molecule has 1 saturated heterocycles. The van der Waals surface area contributed by atoms with E-state index in [1.165, 1.54) is 19.3 Å². The third kappa shape index (κ3) is 4.99. The van der Waals surface area contributed by atoms with E-state index in [1.807, 2.05) is 24.3 Å². The lowest BCUT2D eigenvalue weighted by molar-refractivity contribution is 0.0902. The summed E-state index contributed by atoms with van der Waals surface area (Å²) >= 11 is 5.79. The third-order valence-electron chi connectivity index (χ3n) is 4.40. The lowest BCUT2D eigenvalue weighted by Gasteiger charge is -2.32. The summed E-state index contributed by atoms with van der Waals surface area (Å²) in [7, 11) is 0. The van der Waals surface area contributed by atoms with Crippen LogP contribution in [0.15, 0.2) is 24.3 Å². The van der Waals surface area contributed by atoms with Gasteiger partial charge in [-0.1, -0.05) is 32.4 Å². The van der Waals surface area contributed by atoms with Gasteiger partial charge in [-0.2, -0.15) is 0 Å². The summed E-state index contributed by atoms with van der Waals surface area (Å²) < 4.78 is 0. The zero-order valence-electron chi connectivity index (χ0n) is 13.6. The number of carbonyl (C=O) groups excluding carboxylic acids is 1. The molecule has 1 amide bonds. The Hall–Kier alpha value is -1.06. The van der Waals surface area contributed by atoms with Crippen LogP contribution < -0.4 is 5.32 Å². The molecule has 1 aliphatic rings. The smallest absolute Gasteiger partial charge is 0.251 e. The monoisotopic (exact) mass is 322 g/mol. The molecule has 22 heavy (non-hydrogen) atoms. The maximum atomic E-state index is 12.4. The van der Waals surface area contributed by atoms with Crippen molar-refractivity contribution in [1.82, 2.24) is 10.2 Å². The van der Waals surface area contributed by atoms with Gasteiger partial charge in [0.1, 0.15) is 0 Å². The average Bonchev–Trinajstić information content (AvgIpc) is 2.55. The Morgan fingerprint density at radius 2 is 1.82 bits per heavy atom. The van der Waals surface area contributed by atoms with E-state index in [0.717, 1.165) is 25.2 Å². The van der Waals surface area contributed by atoms with Gasteiger partial charge < -0.3 is 10.2 Å². The Labute approximate surface area is 139 Å². The molecule has 4 heteroatoms. The Balaban J connectivity index is 1.95. The van der Waals surface area contributed by atoms with Crippen molar-refractivity contribution in [3.8, 4) is 0 Å². The fraction of sp³-hybridized carbons (Fsp3) is 0.611. The molecule has 1 aromatic rings. The second-order valence-corrected chi connectivity index (χ2v) is 6.78. The lowest BCUT2D eigenvalue weighted by atomic mass is 10.0. The van der Waals surface area contributed by atoms with Crippen molar-refractivity contribution in [3.05, 3.63) is 35.4 Å². The van der Waals surface area contributed by atoms with Gasteiger partial charge in [-0.05, 0) is 49.5 Å². The number of rotatable bonds is 6. The quantitative estimate of drug-likeness (QED) is 0.811. The minimum Gasteiger partial charge on any atom is -0.348 e. The molecule has 0 bridgehead atoms. The first-order chi connectivity index (χ1) is 10.6. The number of piperidine rings is 1. The predicted molar refractivity (Wildman–Crippen MR) is 92.4 cm³/mol. The zero-order chi connectivity index (χ0) is 15.9. The molecule has 122 valence electrons. The molecule has 1 atom stereocenters. The minimum atomic E-state index is 0.0110. The second kappa shape index (κ2) is 8.54. The van der Waals surface area contributed by atoms with Crippen molar-refractivity contribution in [2.75, 3.05) is 19.6 Å². The number of nitrogens with one attached hydrogen (secondary N) is 1. The van der Waals surface area contributed by atoms with Gasteiger partial charge in [0, 0.05) is 24.0 Å². The molecule has 1 fully saturated rings. The molecule has 0 unspecified atom stereocenters. The molecule has 0 spiro atoms. The van der Waals surface area contributed by atoms with Crippen molar-refractivity contribution in [2.45, 2.75) is 45.0 Å². The van der Waals surface area contributed by atoms with E-state index in [1.54, 1.807) is 0 Å². The van der Waals surface area contributed by atoms with Crippen LogP contribution >= 0.6 is 11.6 Å². The first-order valence-electron chi connectivity index (χ1n) is 8.28. The van der Waals surface area contributed by atoms with Crippen LogP contribution in [0.1, 0.15) is 49.0 Å². The molecule has 0 aliphatic carbocycles. The molecule has 1 aliphatic heterocycles. The van der Waals surface area contributed by atoms with Crippen LogP contribution in [0.3, 0.4) is 0 Å². The normalized spacial score (nSPS) is 17.5. The van der Waals surface area contributed by atoms with Crippen LogP contribution in [0.4, 0.5) is 0 Å². The number of likely N-dealkylation sites (tertiary alicyclic amines) is 1. The molecule has 1 aromatic carbocycles. The van der Waals surface area contributed by atoms with E-state index in [2.05, 4.69) is 24.1 Å². The van der Waals surface area contributed by atoms with Crippen molar-refractivity contribution < 1.29 is 4.79 Å². The molecule has 0 saturated carbocycles. The van der Waals surface area contributed by atoms with Gasteiger partial charge in [-0.15, -0.1) is 11.6 Å². The van der Waals surface area contributed by atoms with E-state index in [0.29, 0.717) is 17.4 Å². The highest BCUT2D eigenvalue weighted by Crippen LogP contribution is 2.13. The fourth-order valence-corrected chi connectivity index (χ4v) is 3.02. The number of benzene rings is 1. The Bertz CT molecular complexity index is 466. The molecule has 0 radical (unpaired) electrons. The summed E-state index contributed by atoms with van der Waals surface area (Å²) in [5.74, 6) is 0.913. The van der Waals surface area contributed by atoms with Crippen molar-refractivity contribution >= 4 is 17.5 Å². The summed E-state index contributed by atoms with van der Waals surface area (Å²) in [6, 6.07) is 7.73. The highest BCUT2D eigenvalue weighted by Gasteiger charge is 2.21. The number of hydrogen-bond donors (Lipinski definition) is 1. The summed E-state index contributed by atoms with van der Waals surface area (Å²) in [6.45, 7) is 7.60. The number of amides is 1. The van der Waals surface area contributed by atoms with Gasteiger partial charge in [-0.3, -0.25) is 4.79 Å². The van der Waals surface area contributed by atoms with E-state index >= 15 is 0 Å². The maximum absolute atomic E-state index is 12.4. The summed E-state index contributed by atoms with van der Waals surface area (Å²) in [4.78, 5) is 14.9. The summed E-state index contributed by atoms with van der Waals surface area (Å²) in [5, 5.41) is 3.20.